The topological polar surface area (TPSA) is 89.7 Å². The average Bonchev–Trinajstić information content (AvgIpc) is 3.64. The first-order valence-corrected chi connectivity index (χ1v) is 18.8. The molecule has 4 heterocycles. The molecule has 3 aromatic heterocycles. The highest BCUT2D eigenvalue weighted by molar-refractivity contribution is 6.35. The second-order valence-electron chi connectivity index (χ2n) is 14.4. The summed E-state index contributed by atoms with van der Waals surface area (Å²) >= 11 is 6.01. The minimum atomic E-state index is 0.346. The van der Waals surface area contributed by atoms with Crippen molar-refractivity contribution >= 4 is 56.2 Å². The summed E-state index contributed by atoms with van der Waals surface area (Å²) in [6.45, 7) is 19.1. The van der Waals surface area contributed by atoms with Gasteiger partial charge in [-0.1, -0.05) is 122 Å². The number of hydrogen-bond acceptors (Lipinski definition) is 7. The summed E-state index contributed by atoms with van der Waals surface area (Å²) in [5.41, 5.74) is 8.00. The van der Waals surface area contributed by atoms with Crippen LogP contribution in [-0.2, 0) is 6.42 Å². The summed E-state index contributed by atoms with van der Waals surface area (Å²) in [6, 6.07) is 28.5. The van der Waals surface area contributed by atoms with Crippen LogP contribution in [0.25, 0.3) is 32.7 Å². The van der Waals surface area contributed by atoms with Crippen molar-refractivity contribution in [3.05, 3.63) is 137 Å². The van der Waals surface area contributed by atoms with Gasteiger partial charge < -0.3 is 0 Å². The molecule has 0 amide bonds. The van der Waals surface area contributed by atoms with Crippen molar-refractivity contribution in [3.8, 4) is 0 Å². The lowest BCUT2D eigenvalue weighted by Crippen LogP contribution is -1.99. The van der Waals surface area contributed by atoms with Gasteiger partial charge in [-0.3, -0.25) is 4.99 Å². The normalized spacial score (nSPS) is 11.7. The molecule has 1 aliphatic rings. The highest BCUT2D eigenvalue weighted by Crippen LogP contribution is 2.28. The zero-order valence-electron chi connectivity index (χ0n) is 32.3. The Balaban J connectivity index is 0.000000136. The number of aryl methyl sites for hydroxylation is 1. The van der Waals surface area contributed by atoms with Crippen LogP contribution in [0.1, 0.15) is 113 Å². The number of aromatic nitrogens is 6. The van der Waals surface area contributed by atoms with Gasteiger partial charge in [0.25, 0.3) is 0 Å². The van der Waals surface area contributed by atoms with Gasteiger partial charge in [0.1, 0.15) is 17.5 Å². The average molecular weight is 724 g/mol. The Morgan fingerprint density at radius 2 is 1.13 bits per heavy atom. The molecule has 0 fully saturated rings. The molecular formula is C45H50ClN7. The van der Waals surface area contributed by atoms with E-state index >= 15 is 0 Å². The van der Waals surface area contributed by atoms with E-state index in [2.05, 4.69) is 115 Å². The first-order valence-electron chi connectivity index (χ1n) is 18.4. The summed E-state index contributed by atoms with van der Waals surface area (Å²) < 4.78 is 0. The minimum absolute atomic E-state index is 0.346. The van der Waals surface area contributed by atoms with Crippen LogP contribution < -0.4 is 0 Å². The van der Waals surface area contributed by atoms with Crippen molar-refractivity contribution < 1.29 is 0 Å². The SMILES string of the molecule is CC(C)c1ccc2c(c1)CC=N2.CC(C)c1ncc2c(Cl)cccc2n1.CC(C)c1ncc2ccccc2n1.Cc1nc(C(C)C)nc2ccccc12. The smallest absolute Gasteiger partial charge is 0.131 e. The number of benzene rings is 4. The van der Waals surface area contributed by atoms with Gasteiger partial charge in [-0.2, -0.15) is 0 Å². The van der Waals surface area contributed by atoms with Crippen molar-refractivity contribution in [1.82, 2.24) is 29.9 Å². The summed E-state index contributed by atoms with van der Waals surface area (Å²) in [4.78, 5) is 30.8. The summed E-state index contributed by atoms with van der Waals surface area (Å²) in [5.74, 6) is 4.46. The number of hydrogen-bond donors (Lipinski definition) is 0. The molecule has 272 valence electrons. The van der Waals surface area contributed by atoms with Gasteiger partial charge in [0.05, 0.1) is 27.3 Å². The Hall–Kier alpha value is -5.14. The number of para-hydroxylation sites is 2. The first-order chi connectivity index (χ1) is 25.4. The summed E-state index contributed by atoms with van der Waals surface area (Å²) in [5, 5.41) is 3.88. The van der Waals surface area contributed by atoms with E-state index in [-0.39, 0.29) is 0 Å². The number of fused-ring (bicyclic) bond motifs is 4. The Kier molecular flexibility index (Phi) is 13.3. The minimum Gasteiger partial charge on any atom is -0.261 e. The third-order valence-electron chi connectivity index (χ3n) is 8.77. The largest absolute Gasteiger partial charge is 0.261 e. The van der Waals surface area contributed by atoms with Crippen molar-refractivity contribution in [1.29, 1.82) is 0 Å². The van der Waals surface area contributed by atoms with Crippen molar-refractivity contribution in [2.24, 2.45) is 4.99 Å². The molecule has 0 N–H and O–H groups in total. The van der Waals surface area contributed by atoms with E-state index in [0.29, 0.717) is 28.7 Å². The van der Waals surface area contributed by atoms with Crippen LogP contribution in [-0.4, -0.2) is 36.1 Å². The molecule has 8 heteroatoms. The second kappa shape index (κ2) is 18.1. The molecule has 0 spiro atoms. The fourth-order valence-electron chi connectivity index (χ4n) is 5.59. The number of nitrogens with zero attached hydrogens (tertiary/aromatic N) is 7. The lowest BCUT2D eigenvalue weighted by molar-refractivity contribution is 0.776. The molecule has 0 bridgehead atoms. The highest BCUT2D eigenvalue weighted by Gasteiger charge is 2.09. The van der Waals surface area contributed by atoms with Crippen LogP contribution in [0.15, 0.2) is 102 Å². The lowest BCUT2D eigenvalue weighted by Gasteiger charge is -2.07. The molecule has 0 atom stereocenters. The lowest BCUT2D eigenvalue weighted by atomic mass is 10.00. The molecular weight excluding hydrogens is 674 g/mol. The van der Waals surface area contributed by atoms with Gasteiger partial charge in [0, 0.05) is 64.6 Å². The van der Waals surface area contributed by atoms with E-state index < -0.39 is 0 Å². The maximum absolute atomic E-state index is 6.01. The summed E-state index contributed by atoms with van der Waals surface area (Å²) in [6.07, 6.45) is 6.67. The predicted molar refractivity (Wildman–Crippen MR) is 223 cm³/mol. The fourth-order valence-corrected chi connectivity index (χ4v) is 5.81. The van der Waals surface area contributed by atoms with Gasteiger partial charge in [0.15, 0.2) is 0 Å². The Morgan fingerprint density at radius 1 is 0.547 bits per heavy atom. The molecule has 7 nitrogen and oxygen atoms in total. The molecule has 0 unspecified atom stereocenters. The Morgan fingerprint density at radius 3 is 1.83 bits per heavy atom. The van der Waals surface area contributed by atoms with Crippen molar-refractivity contribution in [2.75, 3.05) is 0 Å². The molecule has 0 radical (unpaired) electrons. The standard InChI is InChI=1S/C12H14N2.C11H11ClN2.C11H12N2.C11H13N/c1-8(2)12-13-9(3)10-6-4-5-7-11(10)14-12;1-7(2)11-13-6-8-9(12)4-3-5-10(8)14-11;1-8(2)11-12-7-9-5-3-4-6-10(9)13-11;1-8(2)9-3-4-11-10(7-9)5-6-12-11/h4-8H,1-3H3;3-7H,1-2H3;3-8H,1-2H3;3-4,6-8H,5H2,1-2H3. The quantitative estimate of drug-likeness (QED) is 0.180. The van der Waals surface area contributed by atoms with E-state index in [1.165, 1.54) is 11.1 Å². The number of aliphatic imine (C=N–C) groups is 1. The maximum atomic E-state index is 6.01. The van der Waals surface area contributed by atoms with Crippen molar-refractivity contribution in [2.45, 2.75) is 92.4 Å². The molecule has 0 aliphatic carbocycles. The molecule has 8 rings (SSSR count). The molecule has 1 aliphatic heterocycles. The van der Waals surface area contributed by atoms with Gasteiger partial charge in [-0.25, -0.2) is 29.9 Å². The molecule has 4 aromatic carbocycles. The van der Waals surface area contributed by atoms with E-state index in [9.17, 15) is 0 Å². The van der Waals surface area contributed by atoms with E-state index in [4.69, 9.17) is 11.6 Å². The first kappa shape index (κ1) is 39.1. The van der Waals surface area contributed by atoms with Gasteiger partial charge in [-0.05, 0) is 54.3 Å². The molecule has 0 saturated heterocycles. The highest BCUT2D eigenvalue weighted by atomic mass is 35.5. The Labute approximate surface area is 319 Å². The predicted octanol–water partition coefficient (Wildman–Crippen LogP) is 12.3. The number of rotatable bonds is 4. The summed E-state index contributed by atoms with van der Waals surface area (Å²) in [7, 11) is 0. The van der Waals surface area contributed by atoms with Gasteiger partial charge >= 0.3 is 0 Å². The van der Waals surface area contributed by atoms with Crippen LogP contribution in [0.4, 0.5) is 5.69 Å². The van der Waals surface area contributed by atoms with Crippen molar-refractivity contribution in [3.63, 3.8) is 0 Å². The molecule has 7 aromatic rings. The zero-order chi connectivity index (χ0) is 38.1. The Bertz CT molecular complexity index is 2310. The van der Waals surface area contributed by atoms with E-state index in [0.717, 1.165) is 68.0 Å². The fraction of sp³-hybridized carbons (Fsp3) is 0.311. The van der Waals surface area contributed by atoms with Gasteiger partial charge in [0.2, 0.25) is 0 Å². The number of halogens is 1. The monoisotopic (exact) mass is 723 g/mol. The van der Waals surface area contributed by atoms with Crippen LogP contribution >= 0.6 is 11.6 Å². The van der Waals surface area contributed by atoms with Gasteiger partial charge in [-0.15, -0.1) is 0 Å². The van der Waals surface area contributed by atoms with Crippen LogP contribution in [0.3, 0.4) is 0 Å². The maximum Gasteiger partial charge on any atom is 0.131 e. The third-order valence-corrected chi connectivity index (χ3v) is 9.10. The van der Waals surface area contributed by atoms with E-state index in [1.54, 1.807) is 6.20 Å². The van der Waals surface area contributed by atoms with Crippen LogP contribution in [0.2, 0.25) is 5.02 Å². The van der Waals surface area contributed by atoms with Crippen LogP contribution in [0, 0.1) is 6.92 Å². The third kappa shape index (κ3) is 10.3. The molecule has 0 saturated carbocycles. The van der Waals surface area contributed by atoms with E-state index in [1.807, 2.05) is 80.0 Å². The molecule has 53 heavy (non-hydrogen) atoms. The van der Waals surface area contributed by atoms with Crippen LogP contribution in [0.5, 0.6) is 0 Å². The second-order valence-corrected chi connectivity index (χ2v) is 14.8. The zero-order valence-corrected chi connectivity index (χ0v) is 33.1.